The van der Waals surface area contributed by atoms with Crippen LogP contribution in [0.4, 0.5) is 18.0 Å². The van der Waals surface area contributed by atoms with E-state index in [-0.39, 0.29) is 24.5 Å². The van der Waals surface area contributed by atoms with Gasteiger partial charge in [0.05, 0.1) is 30.3 Å². The van der Waals surface area contributed by atoms with Crippen molar-refractivity contribution in [2.45, 2.75) is 62.5 Å². The van der Waals surface area contributed by atoms with E-state index in [9.17, 15) is 27.9 Å². The molecule has 2 amide bonds. The molecule has 3 heterocycles. The first-order valence-corrected chi connectivity index (χ1v) is 12.3. The zero-order chi connectivity index (χ0) is 26.3. The minimum absolute atomic E-state index is 0.172. The molecule has 1 aromatic heterocycles. The molecular formula is C25H28F3N5O4. The number of alkyl halides is 3. The Morgan fingerprint density at radius 1 is 1.08 bits per heavy atom. The van der Waals surface area contributed by atoms with E-state index in [1.54, 1.807) is 17.3 Å². The van der Waals surface area contributed by atoms with Gasteiger partial charge in [-0.2, -0.15) is 13.2 Å². The Morgan fingerprint density at radius 3 is 2.41 bits per heavy atom. The van der Waals surface area contributed by atoms with E-state index in [1.807, 2.05) is 0 Å². The van der Waals surface area contributed by atoms with Gasteiger partial charge in [0.15, 0.2) is 6.23 Å². The number of likely N-dealkylation sites (N-methyl/N-ethyl adjacent to an activating group) is 1. The van der Waals surface area contributed by atoms with Gasteiger partial charge in [-0.15, -0.1) is 0 Å². The van der Waals surface area contributed by atoms with Crippen molar-refractivity contribution in [1.29, 1.82) is 0 Å². The Kier molecular flexibility index (Phi) is 6.69. The molecule has 3 fully saturated rings. The van der Waals surface area contributed by atoms with Crippen LogP contribution in [0.5, 0.6) is 5.88 Å². The summed E-state index contributed by atoms with van der Waals surface area (Å²) in [5, 5.41) is 9.59. The largest absolute Gasteiger partial charge is 0.465 e. The molecule has 3 aliphatic rings. The van der Waals surface area contributed by atoms with Crippen LogP contribution in [0.2, 0.25) is 0 Å². The summed E-state index contributed by atoms with van der Waals surface area (Å²) in [7, 11) is 1.24. The van der Waals surface area contributed by atoms with Crippen LogP contribution in [0.15, 0.2) is 36.7 Å². The molecule has 0 spiro atoms. The van der Waals surface area contributed by atoms with Crippen LogP contribution in [0.1, 0.15) is 60.9 Å². The second-order valence-electron chi connectivity index (χ2n) is 9.82. The first-order chi connectivity index (χ1) is 17.6. The van der Waals surface area contributed by atoms with Crippen LogP contribution in [-0.2, 0) is 11.0 Å². The Balaban J connectivity index is 1.31. The fraction of sp³-hybridized carbons (Fsp3) is 0.520. The molecule has 2 saturated heterocycles. The predicted molar refractivity (Wildman–Crippen MR) is 124 cm³/mol. The van der Waals surface area contributed by atoms with Gasteiger partial charge in [-0.3, -0.25) is 14.7 Å². The van der Waals surface area contributed by atoms with E-state index >= 15 is 0 Å². The maximum Gasteiger partial charge on any atom is 0.416 e. The predicted octanol–water partition coefficient (Wildman–Crippen LogP) is 4.08. The molecule has 37 heavy (non-hydrogen) atoms. The lowest BCUT2D eigenvalue weighted by Gasteiger charge is -2.42. The number of ether oxygens (including phenoxy) is 1. The normalized spacial score (nSPS) is 22.9. The van der Waals surface area contributed by atoms with Crippen molar-refractivity contribution in [1.82, 2.24) is 24.7 Å². The molecule has 198 valence electrons. The number of carboxylic acid groups (broad SMARTS) is 1. The maximum atomic E-state index is 13.6. The lowest BCUT2D eigenvalue weighted by atomic mass is 10.0. The van der Waals surface area contributed by atoms with E-state index in [4.69, 9.17) is 4.74 Å². The minimum atomic E-state index is -4.54. The number of rotatable bonds is 6. The summed E-state index contributed by atoms with van der Waals surface area (Å²) in [5.74, 6) is 0.398. The number of benzene rings is 1. The standard InChI is InChI=1S/C25H28F3N5O4/c1-31(24(35)36)22(16-4-6-17(7-5-16)25(26,27)28)23(34)32-11-10-18-8-9-21(33(18)14-32)37-20-13-29-19(12-30-20)15-2-3-15/h4-7,12-13,15,18,21-22H,2-3,8-11,14H2,1H3,(H,35,36)/t18-,21-,22-/m0/s1. The molecule has 1 saturated carbocycles. The van der Waals surface area contributed by atoms with E-state index in [1.165, 1.54) is 7.05 Å². The summed E-state index contributed by atoms with van der Waals surface area (Å²) in [4.78, 5) is 38.6. The Morgan fingerprint density at radius 2 is 1.81 bits per heavy atom. The van der Waals surface area contributed by atoms with Gasteiger partial charge in [-0.1, -0.05) is 12.1 Å². The lowest BCUT2D eigenvalue weighted by Crippen LogP contribution is -2.55. The minimum Gasteiger partial charge on any atom is -0.465 e. The SMILES string of the molecule is CN(C(=O)O)[C@H](C(=O)N1CC[C@@H]2CC[C@H](Oc3cnc(C4CC4)cn3)N2C1)c1ccc(C(F)(F)F)cc1. The van der Waals surface area contributed by atoms with Crippen LogP contribution in [0, 0.1) is 0 Å². The number of fused-ring (bicyclic) bond motifs is 1. The molecule has 3 atom stereocenters. The number of aromatic nitrogens is 2. The van der Waals surface area contributed by atoms with E-state index in [0.29, 0.717) is 24.8 Å². The van der Waals surface area contributed by atoms with Crippen LogP contribution < -0.4 is 4.74 Å². The highest BCUT2D eigenvalue weighted by molar-refractivity contribution is 5.86. The van der Waals surface area contributed by atoms with Crippen LogP contribution in [-0.4, -0.2) is 74.3 Å². The number of hydrogen-bond acceptors (Lipinski definition) is 6. The van der Waals surface area contributed by atoms with Crippen molar-refractivity contribution in [2.75, 3.05) is 20.3 Å². The zero-order valence-corrected chi connectivity index (χ0v) is 20.3. The second kappa shape index (κ2) is 9.81. The number of hydrogen-bond donors (Lipinski definition) is 1. The summed E-state index contributed by atoms with van der Waals surface area (Å²) in [6.07, 6.45) is 1.71. The molecule has 0 unspecified atom stereocenters. The average molecular weight is 520 g/mol. The number of amides is 2. The Bertz CT molecular complexity index is 1140. The van der Waals surface area contributed by atoms with Crippen LogP contribution >= 0.6 is 0 Å². The van der Waals surface area contributed by atoms with Gasteiger partial charge in [0.1, 0.15) is 6.04 Å². The summed E-state index contributed by atoms with van der Waals surface area (Å²) in [6.45, 7) is 0.625. The van der Waals surface area contributed by atoms with Gasteiger partial charge in [0.25, 0.3) is 5.91 Å². The molecular weight excluding hydrogens is 491 g/mol. The monoisotopic (exact) mass is 519 g/mol. The van der Waals surface area contributed by atoms with Crippen molar-refractivity contribution in [3.8, 4) is 5.88 Å². The maximum absolute atomic E-state index is 13.6. The molecule has 1 aromatic carbocycles. The first-order valence-electron chi connectivity index (χ1n) is 12.3. The number of halogens is 3. The molecule has 12 heteroatoms. The van der Waals surface area contributed by atoms with E-state index < -0.39 is 29.8 Å². The fourth-order valence-corrected chi connectivity index (χ4v) is 5.08. The molecule has 1 N–H and O–H groups in total. The number of carbonyl (C=O) groups excluding carboxylic acids is 1. The van der Waals surface area contributed by atoms with Crippen molar-refractivity contribution < 1.29 is 32.6 Å². The smallest absolute Gasteiger partial charge is 0.416 e. The van der Waals surface area contributed by atoms with Crippen LogP contribution in [0.3, 0.4) is 0 Å². The third-order valence-electron chi connectivity index (χ3n) is 7.34. The number of carbonyl (C=O) groups is 2. The molecule has 0 bridgehead atoms. The second-order valence-corrected chi connectivity index (χ2v) is 9.82. The molecule has 9 nitrogen and oxygen atoms in total. The topological polar surface area (TPSA) is 99.1 Å². The Hall–Kier alpha value is -3.41. The van der Waals surface area contributed by atoms with Gasteiger partial charge in [-0.25, -0.2) is 14.7 Å². The van der Waals surface area contributed by atoms with Crippen molar-refractivity contribution in [2.24, 2.45) is 0 Å². The summed E-state index contributed by atoms with van der Waals surface area (Å²) < 4.78 is 45.2. The van der Waals surface area contributed by atoms with E-state index in [0.717, 1.165) is 60.5 Å². The quantitative estimate of drug-likeness (QED) is 0.614. The lowest BCUT2D eigenvalue weighted by molar-refractivity contribution is -0.144. The average Bonchev–Trinajstić information content (AvgIpc) is 3.65. The summed E-state index contributed by atoms with van der Waals surface area (Å²) in [6, 6.07) is 2.95. The third-order valence-corrected chi connectivity index (χ3v) is 7.34. The highest BCUT2D eigenvalue weighted by Crippen LogP contribution is 2.39. The van der Waals surface area contributed by atoms with Gasteiger partial charge < -0.3 is 14.7 Å². The first kappa shape index (κ1) is 25.2. The van der Waals surface area contributed by atoms with Gasteiger partial charge in [0, 0.05) is 25.6 Å². The fourth-order valence-electron chi connectivity index (χ4n) is 5.08. The zero-order valence-electron chi connectivity index (χ0n) is 20.3. The third kappa shape index (κ3) is 5.34. The van der Waals surface area contributed by atoms with E-state index in [2.05, 4.69) is 14.9 Å². The highest BCUT2D eigenvalue weighted by atomic mass is 19.4. The van der Waals surface area contributed by atoms with Crippen LogP contribution in [0.25, 0.3) is 0 Å². The molecule has 2 aliphatic heterocycles. The molecule has 0 radical (unpaired) electrons. The Labute approximate surface area is 211 Å². The summed E-state index contributed by atoms with van der Waals surface area (Å²) in [5.41, 5.74) is 0.264. The molecule has 5 rings (SSSR count). The van der Waals surface area contributed by atoms with Gasteiger partial charge >= 0.3 is 12.3 Å². The molecule has 1 aliphatic carbocycles. The van der Waals surface area contributed by atoms with Crippen molar-refractivity contribution in [3.63, 3.8) is 0 Å². The van der Waals surface area contributed by atoms with Crippen molar-refractivity contribution in [3.05, 3.63) is 53.5 Å². The molecule has 2 aromatic rings. The van der Waals surface area contributed by atoms with Gasteiger partial charge in [-0.05, 0) is 49.8 Å². The van der Waals surface area contributed by atoms with Gasteiger partial charge in [0.2, 0.25) is 5.88 Å². The van der Waals surface area contributed by atoms with Crippen molar-refractivity contribution >= 4 is 12.0 Å². The highest BCUT2D eigenvalue weighted by Gasteiger charge is 2.42. The number of nitrogens with zero attached hydrogens (tertiary/aromatic N) is 5. The summed E-state index contributed by atoms with van der Waals surface area (Å²) >= 11 is 0.